The van der Waals surface area contributed by atoms with Crippen molar-refractivity contribution in [3.8, 4) is 0 Å². The van der Waals surface area contributed by atoms with Gasteiger partial charge in [0.15, 0.2) is 0 Å². The van der Waals surface area contributed by atoms with Crippen LogP contribution < -0.4 is 5.32 Å². The van der Waals surface area contributed by atoms with E-state index in [0.29, 0.717) is 0 Å². The molecule has 1 saturated heterocycles. The Hall–Kier alpha value is -1.42. The second kappa shape index (κ2) is 4.61. The lowest BCUT2D eigenvalue weighted by atomic mass is 10.1. The molecule has 2 rings (SSSR count). The van der Waals surface area contributed by atoms with Crippen LogP contribution in [-0.2, 0) is 0 Å². The molecule has 4 heteroatoms. The Labute approximate surface area is 95.7 Å². The van der Waals surface area contributed by atoms with Gasteiger partial charge in [0.25, 0.3) is 5.91 Å². The summed E-state index contributed by atoms with van der Waals surface area (Å²) in [5.74, 6) is 0.103. The maximum atomic E-state index is 12.2. The maximum absolute atomic E-state index is 12.2. The van der Waals surface area contributed by atoms with Crippen LogP contribution in [0.1, 0.15) is 21.7 Å². The molecule has 0 bridgehead atoms. The van der Waals surface area contributed by atoms with E-state index in [1.165, 1.54) is 0 Å². The summed E-state index contributed by atoms with van der Waals surface area (Å²) in [7, 11) is 0. The van der Waals surface area contributed by atoms with Crippen molar-refractivity contribution in [2.24, 2.45) is 0 Å². The molecule has 0 unspecified atom stereocenters. The summed E-state index contributed by atoms with van der Waals surface area (Å²) < 4.78 is 0. The molecular formula is C12H17N3O. The lowest BCUT2D eigenvalue weighted by molar-refractivity contribution is 0.0734. The van der Waals surface area contributed by atoms with E-state index < -0.39 is 0 Å². The molecule has 0 saturated carbocycles. The number of aromatic nitrogens is 1. The fourth-order valence-corrected chi connectivity index (χ4v) is 1.95. The highest BCUT2D eigenvalue weighted by Gasteiger charge is 2.19. The Kier molecular flexibility index (Phi) is 3.19. The Balaban J connectivity index is 2.19. The highest BCUT2D eigenvalue weighted by molar-refractivity contribution is 5.95. The first-order valence-corrected chi connectivity index (χ1v) is 5.63. The van der Waals surface area contributed by atoms with Gasteiger partial charge < -0.3 is 10.2 Å². The number of nitrogens with zero attached hydrogens (tertiary/aromatic N) is 2. The zero-order chi connectivity index (χ0) is 11.5. The van der Waals surface area contributed by atoms with E-state index in [0.717, 1.165) is 43.1 Å². The van der Waals surface area contributed by atoms with Gasteiger partial charge in [-0.2, -0.15) is 0 Å². The third-order valence-corrected chi connectivity index (χ3v) is 2.86. The number of rotatable bonds is 1. The van der Waals surface area contributed by atoms with Gasteiger partial charge in [-0.3, -0.25) is 9.78 Å². The standard InChI is InChI=1S/C12H17N3O/c1-9-3-4-11(10(2)14-9)12(16)15-7-5-13-6-8-15/h3-4,13H,5-8H2,1-2H3. The fraction of sp³-hybridized carbons (Fsp3) is 0.500. The van der Waals surface area contributed by atoms with Gasteiger partial charge in [0.05, 0.1) is 11.3 Å². The Morgan fingerprint density at radius 3 is 2.62 bits per heavy atom. The molecule has 0 atom stereocenters. The van der Waals surface area contributed by atoms with Crippen LogP contribution >= 0.6 is 0 Å². The molecule has 86 valence electrons. The first kappa shape index (κ1) is 11.1. The number of carbonyl (C=O) groups excluding carboxylic acids is 1. The maximum Gasteiger partial charge on any atom is 0.255 e. The minimum absolute atomic E-state index is 0.103. The summed E-state index contributed by atoms with van der Waals surface area (Å²) >= 11 is 0. The Morgan fingerprint density at radius 2 is 2.00 bits per heavy atom. The van der Waals surface area contributed by atoms with Crippen LogP contribution in [0.3, 0.4) is 0 Å². The van der Waals surface area contributed by atoms with E-state index >= 15 is 0 Å². The van der Waals surface area contributed by atoms with E-state index in [4.69, 9.17) is 0 Å². The molecule has 1 fully saturated rings. The zero-order valence-electron chi connectivity index (χ0n) is 9.79. The number of nitrogens with one attached hydrogen (secondary N) is 1. The lowest BCUT2D eigenvalue weighted by Gasteiger charge is -2.27. The summed E-state index contributed by atoms with van der Waals surface area (Å²) in [5, 5.41) is 3.24. The minimum atomic E-state index is 0.103. The minimum Gasteiger partial charge on any atom is -0.336 e. The van der Waals surface area contributed by atoms with Crippen LogP contribution in [0.2, 0.25) is 0 Å². The predicted molar refractivity (Wildman–Crippen MR) is 62.5 cm³/mol. The number of aryl methyl sites for hydroxylation is 2. The molecule has 1 aliphatic heterocycles. The molecule has 1 aromatic rings. The monoisotopic (exact) mass is 219 g/mol. The van der Waals surface area contributed by atoms with Gasteiger partial charge in [-0.1, -0.05) is 0 Å². The van der Waals surface area contributed by atoms with Crippen LogP contribution in [0.15, 0.2) is 12.1 Å². The van der Waals surface area contributed by atoms with Gasteiger partial charge in [0.1, 0.15) is 0 Å². The largest absolute Gasteiger partial charge is 0.336 e. The zero-order valence-corrected chi connectivity index (χ0v) is 9.79. The normalized spacial score (nSPS) is 16.2. The van der Waals surface area contributed by atoms with Crippen LogP contribution in [-0.4, -0.2) is 42.0 Å². The summed E-state index contributed by atoms with van der Waals surface area (Å²) in [6.07, 6.45) is 0. The number of pyridine rings is 1. The van der Waals surface area contributed by atoms with Crippen LogP contribution in [0.5, 0.6) is 0 Å². The van der Waals surface area contributed by atoms with Crippen molar-refractivity contribution in [3.05, 3.63) is 29.1 Å². The van der Waals surface area contributed by atoms with E-state index in [9.17, 15) is 4.79 Å². The van der Waals surface area contributed by atoms with Gasteiger partial charge in [-0.25, -0.2) is 0 Å². The third-order valence-electron chi connectivity index (χ3n) is 2.86. The number of piperazine rings is 1. The fourth-order valence-electron chi connectivity index (χ4n) is 1.95. The summed E-state index contributed by atoms with van der Waals surface area (Å²) in [5.41, 5.74) is 2.50. The van der Waals surface area contributed by atoms with Gasteiger partial charge in [-0.05, 0) is 26.0 Å². The molecule has 0 aromatic carbocycles. The smallest absolute Gasteiger partial charge is 0.255 e. The molecular weight excluding hydrogens is 202 g/mol. The Morgan fingerprint density at radius 1 is 1.31 bits per heavy atom. The summed E-state index contributed by atoms with van der Waals surface area (Å²) in [6, 6.07) is 3.77. The van der Waals surface area contributed by atoms with Gasteiger partial charge in [0, 0.05) is 31.9 Å². The third kappa shape index (κ3) is 2.22. The van der Waals surface area contributed by atoms with Crippen molar-refractivity contribution in [3.63, 3.8) is 0 Å². The second-order valence-corrected chi connectivity index (χ2v) is 4.13. The van der Waals surface area contributed by atoms with E-state index in [1.54, 1.807) is 0 Å². The quantitative estimate of drug-likeness (QED) is 0.758. The van der Waals surface area contributed by atoms with Gasteiger partial charge in [-0.15, -0.1) is 0 Å². The van der Waals surface area contributed by atoms with Gasteiger partial charge >= 0.3 is 0 Å². The molecule has 0 aliphatic carbocycles. The molecule has 4 nitrogen and oxygen atoms in total. The van der Waals surface area contributed by atoms with Gasteiger partial charge in [0.2, 0.25) is 0 Å². The average molecular weight is 219 g/mol. The molecule has 1 amide bonds. The summed E-state index contributed by atoms with van der Waals surface area (Å²) in [4.78, 5) is 18.4. The van der Waals surface area contributed by atoms with Crippen LogP contribution in [0, 0.1) is 13.8 Å². The van der Waals surface area contributed by atoms with Crippen molar-refractivity contribution < 1.29 is 4.79 Å². The Bertz CT molecular complexity index is 397. The van der Waals surface area contributed by atoms with E-state index in [2.05, 4.69) is 10.3 Å². The molecule has 0 spiro atoms. The summed E-state index contributed by atoms with van der Waals surface area (Å²) in [6.45, 7) is 7.15. The molecule has 2 heterocycles. The van der Waals surface area contributed by atoms with E-state index in [1.807, 2.05) is 30.9 Å². The van der Waals surface area contributed by atoms with Crippen LogP contribution in [0.4, 0.5) is 0 Å². The number of hydrogen-bond acceptors (Lipinski definition) is 3. The SMILES string of the molecule is Cc1ccc(C(=O)N2CCNCC2)c(C)n1. The number of amides is 1. The average Bonchev–Trinajstić information content (AvgIpc) is 2.29. The van der Waals surface area contributed by atoms with Crippen LogP contribution in [0.25, 0.3) is 0 Å². The molecule has 0 radical (unpaired) electrons. The predicted octanol–water partition coefficient (Wildman–Crippen LogP) is 0.744. The first-order chi connectivity index (χ1) is 7.68. The van der Waals surface area contributed by atoms with Crippen molar-refractivity contribution >= 4 is 5.91 Å². The first-order valence-electron chi connectivity index (χ1n) is 5.63. The molecule has 1 N–H and O–H groups in total. The second-order valence-electron chi connectivity index (χ2n) is 4.13. The highest BCUT2D eigenvalue weighted by atomic mass is 16.2. The number of hydrogen-bond donors (Lipinski definition) is 1. The highest BCUT2D eigenvalue weighted by Crippen LogP contribution is 2.10. The molecule has 1 aliphatic rings. The topological polar surface area (TPSA) is 45.2 Å². The van der Waals surface area contributed by atoms with Crippen molar-refractivity contribution in [2.45, 2.75) is 13.8 Å². The van der Waals surface area contributed by atoms with Crippen molar-refractivity contribution in [1.29, 1.82) is 0 Å². The lowest BCUT2D eigenvalue weighted by Crippen LogP contribution is -2.46. The van der Waals surface area contributed by atoms with Crippen molar-refractivity contribution in [2.75, 3.05) is 26.2 Å². The molecule has 16 heavy (non-hydrogen) atoms. The van der Waals surface area contributed by atoms with E-state index in [-0.39, 0.29) is 5.91 Å². The molecule has 1 aromatic heterocycles. The number of carbonyl (C=O) groups is 1. The van der Waals surface area contributed by atoms with Crippen molar-refractivity contribution in [1.82, 2.24) is 15.2 Å².